The number of benzene rings is 2. The number of nitrogens with zero attached hydrogens (tertiary/aromatic N) is 1. The lowest BCUT2D eigenvalue weighted by atomic mass is 10.1. The SMILES string of the molecule is CCCN(CC(=O)Nc1ccc(Cl)cc1Cl)C(=O)c1cc(=O)[nH]c2ccccc12. The van der Waals surface area contributed by atoms with Crippen LogP contribution in [0.4, 0.5) is 5.69 Å². The summed E-state index contributed by atoms with van der Waals surface area (Å²) in [6.45, 7) is 2.10. The molecule has 150 valence electrons. The first kappa shape index (κ1) is 20.9. The second-order valence-electron chi connectivity index (χ2n) is 6.49. The number of rotatable bonds is 6. The van der Waals surface area contributed by atoms with Crippen LogP contribution in [-0.2, 0) is 4.79 Å². The first-order chi connectivity index (χ1) is 13.9. The molecule has 29 heavy (non-hydrogen) atoms. The fourth-order valence-electron chi connectivity index (χ4n) is 3.03. The van der Waals surface area contributed by atoms with Gasteiger partial charge in [0.1, 0.15) is 6.54 Å². The van der Waals surface area contributed by atoms with Crippen molar-refractivity contribution in [2.45, 2.75) is 13.3 Å². The summed E-state index contributed by atoms with van der Waals surface area (Å²) >= 11 is 12.0. The Morgan fingerprint density at radius 2 is 1.86 bits per heavy atom. The Kier molecular flexibility index (Phi) is 6.56. The summed E-state index contributed by atoms with van der Waals surface area (Å²) in [7, 11) is 0. The number of para-hydroxylation sites is 1. The normalized spacial score (nSPS) is 10.7. The van der Waals surface area contributed by atoms with Gasteiger partial charge in [0.05, 0.1) is 16.3 Å². The number of aromatic nitrogens is 1. The zero-order chi connectivity index (χ0) is 21.0. The Labute approximate surface area is 177 Å². The molecule has 0 bridgehead atoms. The summed E-state index contributed by atoms with van der Waals surface area (Å²) in [4.78, 5) is 41.8. The van der Waals surface area contributed by atoms with Crippen LogP contribution in [0, 0.1) is 0 Å². The van der Waals surface area contributed by atoms with Crippen molar-refractivity contribution in [3.8, 4) is 0 Å². The number of pyridine rings is 1. The molecule has 0 saturated heterocycles. The summed E-state index contributed by atoms with van der Waals surface area (Å²) in [6, 6.07) is 13.1. The number of H-pyrrole nitrogens is 1. The van der Waals surface area contributed by atoms with Crippen LogP contribution in [0.2, 0.25) is 10.0 Å². The van der Waals surface area contributed by atoms with E-state index in [-0.39, 0.29) is 23.6 Å². The van der Waals surface area contributed by atoms with Gasteiger partial charge in [-0.05, 0) is 30.7 Å². The van der Waals surface area contributed by atoms with Crippen LogP contribution in [0.1, 0.15) is 23.7 Å². The third-order valence-corrected chi connectivity index (χ3v) is 4.85. The third-order valence-electron chi connectivity index (χ3n) is 4.30. The zero-order valence-electron chi connectivity index (χ0n) is 15.7. The van der Waals surface area contributed by atoms with Gasteiger partial charge in [0, 0.05) is 28.5 Å². The number of amides is 2. The highest BCUT2D eigenvalue weighted by Crippen LogP contribution is 2.25. The van der Waals surface area contributed by atoms with Crippen molar-refractivity contribution in [1.29, 1.82) is 0 Å². The molecule has 0 aliphatic carbocycles. The van der Waals surface area contributed by atoms with Crippen molar-refractivity contribution in [2.24, 2.45) is 0 Å². The number of aromatic amines is 1. The molecule has 2 N–H and O–H groups in total. The van der Waals surface area contributed by atoms with Crippen LogP contribution >= 0.6 is 23.2 Å². The van der Waals surface area contributed by atoms with Crippen LogP contribution in [0.15, 0.2) is 53.3 Å². The van der Waals surface area contributed by atoms with Crippen molar-refractivity contribution < 1.29 is 9.59 Å². The number of carbonyl (C=O) groups is 2. The van der Waals surface area contributed by atoms with Crippen molar-refractivity contribution in [3.05, 3.63) is 74.5 Å². The van der Waals surface area contributed by atoms with Gasteiger partial charge in [-0.15, -0.1) is 0 Å². The number of anilines is 1. The van der Waals surface area contributed by atoms with E-state index >= 15 is 0 Å². The van der Waals surface area contributed by atoms with E-state index in [9.17, 15) is 14.4 Å². The molecule has 0 unspecified atom stereocenters. The number of nitrogens with one attached hydrogen (secondary N) is 2. The second-order valence-corrected chi connectivity index (χ2v) is 7.34. The molecule has 3 rings (SSSR count). The summed E-state index contributed by atoms with van der Waals surface area (Å²) < 4.78 is 0. The Hall–Kier alpha value is -2.83. The minimum atomic E-state index is -0.398. The van der Waals surface area contributed by atoms with Crippen molar-refractivity contribution in [1.82, 2.24) is 9.88 Å². The molecule has 0 saturated carbocycles. The van der Waals surface area contributed by atoms with Crippen LogP contribution in [0.3, 0.4) is 0 Å². The van der Waals surface area contributed by atoms with Crippen LogP contribution < -0.4 is 10.9 Å². The van der Waals surface area contributed by atoms with E-state index < -0.39 is 5.91 Å². The largest absolute Gasteiger partial charge is 0.329 e. The molecule has 1 heterocycles. The molecular weight excluding hydrogens is 413 g/mol. The Morgan fingerprint density at radius 3 is 2.59 bits per heavy atom. The van der Waals surface area contributed by atoms with E-state index in [1.807, 2.05) is 6.92 Å². The standard InChI is InChI=1S/C21H19Cl2N3O3/c1-2-9-26(12-20(28)25-18-8-7-13(22)10-16(18)23)21(29)15-11-19(27)24-17-6-4-3-5-14(15)17/h3-8,10-11H,2,9,12H2,1H3,(H,24,27)(H,25,28). The molecule has 0 radical (unpaired) electrons. The lowest BCUT2D eigenvalue weighted by Crippen LogP contribution is -2.39. The monoisotopic (exact) mass is 431 g/mol. The smallest absolute Gasteiger partial charge is 0.255 e. The van der Waals surface area contributed by atoms with E-state index in [2.05, 4.69) is 10.3 Å². The number of hydrogen-bond acceptors (Lipinski definition) is 3. The summed E-state index contributed by atoms with van der Waals surface area (Å²) in [6.07, 6.45) is 0.655. The van der Waals surface area contributed by atoms with E-state index in [1.54, 1.807) is 36.4 Å². The summed E-state index contributed by atoms with van der Waals surface area (Å²) in [5.41, 5.74) is 0.861. The maximum Gasteiger partial charge on any atom is 0.255 e. The lowest BCUT2D eigenvalue weighted by Gasteiger charge is -2.22. The van der Waals surface area contributed by atoms with Gasteiger partial charge in [0.2, 0.25) is 11.5 Å². The Bertz CT molecular complexity index is 1130. The van der Waals surface area contributed by atoms with E-state index in [1.165, 1.54) is 17.0 Å². The maximum atomic E-state index is 13.2. The highest BCUT2D eigenvalue weighted by molar-refractivity contribution is 6.36. The zero-order valence-corrected chi connectivity index (χ0v) is 17.2. The Morgan fingerprint density at radius 1 is 1.10 bits per heavy atom. The number of hydrogen-bond donors (Lipinski definition) is 2. The summed E-state index contributed by atoms with van der Waals surface area (Å²) in [5.74, 6) is -0.781. The molecule has 0 aliphatic rings. The third kappa shape index (κ3) is 4.96. The fourth-order valence-corrected chi connectivity index (χ4v) is 3.48. The first-order valence-corrected chi connectivity index (χ1v) is 9.81. The van der Waals surface area contributed by atoms with Crippen LogP contribution in [0.5, 0.6) is 0 Å². The van der Waals surface area contributed by atoms with Gasteiger partial charge in [-0.1, -0.05) is 48.3 Å². The lowest BCUT2D eigenvalue weighted by molar-refractivity contribution is -0.116. The topological polar surface area (TPSA) is 82.3 Å². The number of carbonyl (C=O) groups excluding carboxylic acids is 2. The van der Waals surface area contributed by atoms with Gasteiger partial charge in [0.25, 0.3) is 5.91 Å². The van der Waals surface area contributed by atoms with Gasteiger partial charge < -0.3 is 15.2 Å². The summed E-state index contributed by atoms with van der Waals surface area (Å²) in [5, 5.41) is 4.08. The van der Waals surface area contributed by atoms with Gasteiger partial charge in [-0.3, -0.25) is 14.4 Å². The first-order valence-electron chi connectivity index (χ1n) is 9.05. The molecule has 0 atom stereocenters. The highest BCUT2D eigenvalue weighted by Gasteiger charge is 2.21. The Balaban J connectivity index is 1.85. The molecule has 0 fully saturated rings. The molecular formula is C21H19Cl2N3O3. The molecule has 8 heteroatoms. The fraction of sp³-hybridized carbons (Fsp3) is 0.190. The average molecular weight is 432 g/mol. The number of fused-ring (bicyclic) bond motifs is 1. The van der Waals surface area contributed by atoms with Crippen LogP contribution in [-0.4, -0.2) is 34.8 Å². The van der Waals surface area contributed by atoms with E-state index in [4.69, 9.17) is 23.2 Å². The maximum absolute atomic E-state index is 13.2. The quantitative estimate of drug-likeness (QED) is 0.609. The molecule has 0 aliphatic heterocycles. The van der Waals surface area contributed by atoms with Gasteiger partial charge in [-0.2, -0.15) is 0 Å². The van der Waals surface area contributed by atoms with E-state index in [0.29, 0.717) is 39.6 Å². The van der Waals surface area contributed by atoms with Gasteiger partial charge in [-0.25, -0.2) is 0 Å². The van der Waals surface area contributed by atoms with E-state index in [0.717, 1.165) is 0 Å². The average Bonchev–Trinajstić information content (AvgIpc) is 2.68. The van der Waals surface area contributed by atoms with Crippen molar-refractivity contribution in [2.75, 3.05) is 18.4 Å². The number of halogens is 2. The highest BCUT2D eigenvalue weighted by atomic mass is 35.5. The molecule has 1 aromatic heterocycles. The molecule has 2 amide bonds. The molecule has 0 spiro atoms. The van der Waals surface area contributed by atoms with Gasteiger partial charge >= 0.3 is 0 Å². The second kappa shape index (κ2) is 9.11. The molecule has 3 aromatic rings. The van der Waals surface area contributed by atoms with Crippen molar-refractivity contribution in [3.63, 3.8) is 0 Å². The van der Waals surface area contributed by atoms with Crippen molar-refractivity contribution >= 4 is 51.6 Å². The molecule has 6 nitrogen and oxygen atoms in total. The van der Waals surface area contributed by atoms with Crippen LogP contribution in [0.25, 0.3) is 10.9 Å². The predicted molar refractivity (Wildman–Crippen MR) is 116 cm³/mol. The minimum absolute atomic E-state index is 0.174. The molecule has 2 aromatic carbocycles. The van der Waals surface area contributed by atoms with Gasteiger partial charge in [0.15, 0.2) is 0 Å². The predicted octanol–water partition coefficient (Wildman–Crippen LogP) is 4.33. The minimum Gasteiger partial charge on any atom is -0.329 e.